The molecule has 1 aliphatic carbocycles. The first-order chi connectivity index (χ1) is 10.0. The fraction of sp³-hybridized carbons (Fsp3) is 0.647. The highest BCUT2D eigenvalue weighted by atomic mass is 19.2. The van der Waals surface area contributed by atoms with Crippen molar-refractivity contribution in [3.05, 3.63) is 35.1 Å². The molecule has 0 heterocycles. The Bertz CT molecular complexity index is 481. The predicted octanol–water partition coefficient (Wildman–Crippen LogP) is 5.12. The maximum atomic E-state index is 14.2. The third kappa shape index (κ3) is 3.25. The lowest BCUT2D eigenvalue weighted by atomic mass is 9.73. The molecule has 1 fully saturated rings. The molecule has 1 nitrogen and oxygen atoms in total. The minimum atomic E-state index is -1.12. The van der Waals surface area contributed by atoms with E-state index in [-0.39, 0.29) is 17.0 Å². The quantitative estimate of drug-likeness (QED) is 0.719. The van der Waals surface area contributed by atoms with E-state index in [0.29, 0.717) is 6.07 Å². The van der Waals surface area contributed by atoms with Gasteiger partial charge in [0.15, 0.2) is 11.6 Å². The minimum Gasteiger partial charge on any atom is -0.309 e. The van der Waals surface area contributed by atoms with Gasteiger partial charge in [0, 0.05) is 17.7 Å². The molecular formula is C17H24F3N. The van der Waals surface area contributed by atoms with Crippen LogP contribution in [-0.2, 0) is 0 Å². The molecule has 0 spiro atoms. The van der Waals surface area contributed by atoms with Gasteiger partial charge in [-0.25, -0.2) is 13.2 Å². The number of hydrogen-bond acceptors (Lipinski definition) is 1. The van der Waals surface area contributed by atoms with Crippen LogP contribution in [0.5, 0.6) is 0 Å². The van der Waals surface area contributed by atoms with E-state index in [9.17, 15) is 13.2 Å². The van der Waals surface area contributed by atoms with Crippen molar-refractivity contribution in [3.63, 3.8) is 0 Å². The lowest BCUT2D eigenvalue weighted by Crippen LogP contribution is -2.37. The Balaban J connectivity index is 2.42. The molecule has 1 aromatic rings. The first-order valence-corrected chi connectivity index (χ1v) is 7.92. The molecule has 2 rings (SSSR count). The standard InChI is InChI=1S/C17H24F3N/c1-3-9-21-16(17(4-2)7-5-6-8-17)12-10-14(19)15(20)11-13(12)18/h10-11,16,21H,3-9H2,1-2H3. The predicted molar refractivity (Wildman–Crippen MR) is 78.5 cm³/mol. The van der Waals surface area contributed by atoms with Gasteiger partial charge in [-0.2, -0.15) is 0 Å². The van der Waals surface area contributed by atoms with Crippen LogP contribution in [0.25, 0.3) is 0 Å². The van der Waals surface area contributed by atoms with Crippen molar-refractivity contribution in [1.29, 1.82) is 0 Å². The van der Waals surface area contributed by atoms with Crippen molar-refractivity contribution < 1.29 is 13.2 Å². The average molecular weight is 299 g/mol. The van der Waals surface area contributed by atoms with E-state index in [2.05, 4.69) is 12.2 Å². The smallest absolute Gasteiger partial charge is 0.161 e. The van der Waals surface area contributed by atoms with E-state index in [1.165, 1.54) is 0 Å². The van der Waals surface area contributed by atoms with Crippen molar-refractivity contribution in [2.24, 2.45) is 5.41 Å². The van der Waals surface area contributed by atoms with E-state index < -0.39 is 17.5 Å². The zero-order valence-electron chi connectivity index (χ0n) is 12.8. The summed E-state index contributed by atoms with van der Waals surface area (Å²) in [5.74, 6) is -2.75. The summed E-state index contributed by atoms with van der Waals surface area (Å²) >= 11 is 0. The largest absolute Gasteiger partial charge is 0.309 e. The first kappa shape index (κ1) is 16.3. The van der Waals surface area contributed by atoms with Crippen LogP contribution in [0.2, 0.25) is 0 Å². The Hall–Kier alpha value is -1.03. The van der Waals surface area contributed by atoms with Gasteiger partial charge in [0.05, 0.1) is 0 Å². The second-order valence-corrected chi connectivity index (χ2v) is 6.10. The zero-order valence-corrected chi connectivity index (χ0v) is 12.8. The third-order valence-electron chi connectivity index (χ3n) is 4.86. The molecule has 1 aromatic carbocycles. The Kier molecular flexibility index (Phi) is 5.31. The molecular weight excluding hydrogens is 275 g/mol. The van der Waals surface area contributed by atoms with Gasteiger partial charge in [-0.3, -0.25) is 0 Å². The van der Waals surface area contributed by atoms with Gasteiger partial charge in [-0.1, -0.05) is 26.7 Å². The molecule has 1 aliphatic rings. The molecule has 21 heavy (non-hydrogen) atoms. The summed E-state index contributed by atoms with van der Waals surface area (Å²) in [6.45, 7) is 4.88. The Labute approximate surface area is 124 Å². The van der Waals surface area contributed by atoms with Crippen molar-refractivity contribution in [2.75, 3.05) is 6.54 Å². The van der Waals surface area contributed by atoms with Gasteiger partial charge >= 0.3 is 0 Å². The van der Waals surface area contributed by atoms with E-state index in [1.807, 2.05) is 6.92 Å². The third-order valence-corrected chi connectivity index (χ3v) is 4.86. The van der Waals surface area contributed by atoms with Crippen LogP contribution in [0.15, 0.2) is 12.1 Å². The van der Waals surface area contributed by atoms with Crippen LogP contribution in [0.4, 0.5) is 13.2 Å². The second kappa shape index (κ2) is 6.82. The van der Waals surface area contributed by atoms with Crippen molar-refractivity contribution in [2.45, 2.75) is 58.4 Å². The summed E-state index contributed by atoms with van der Waals surface area (Å²) in [7, 11) is 0. The molecule has 0 aromatic heterocycles. The number of benzene rings is 1. The molecule has 1 saturated carbocycles. The van der Waals surface area contributed by atoms with Crippen molar-refractivity contribution >= 4 is 0 Å². The molecule has 118 valence electrons. The van der Waals surface area contributed by atoms with Gasteiger partial charge in [-0.05, 0) is 43.7 Å². The topological polar surface area (TPSA) is 12.0 Å². The van der Waals surface area contributed by atoms with Crippen LogP contribution >= 0.6 is 0 Å². The van der Waals surface area contributed by atoms with Crippen LogP contribution < -0.4 is 5.32 Å². The van der Waals surface area contributed by atoms with Gasteiger partial charge < -0.3 is 5.32 Å². The molecule has 4 heteroatoms. The van der Waals surface area contributed by atoms with Gasteiger partial charge in [0.25, 0.3) is 0 Å². The normalized spacial score (nSPS) is 18.9. The van der Waals surface area contributed by atoms with Gasteiger partial charge in [0.2, 0.25) is 0 Å². The first-order valence-electron chi connectivity index (χ1n) is 7.92. The van der Waals surface area contributed by atoms with E-state index >= 15 is 0 Å². The SMILES string of the molecule is CCCNC(c1cc(F)c(F)cc1F)C1(CC)CCCC1. The van der Waals surface area contributed by atoms with Gasteiger partial charge in [-0.15, -0.1) is 0 Å². The van der Waals surface area contributed by atoms with Crippen LogP contribution in [-0.4, -0.2) is 6.54 Å². The molecule has 0 aliphatic heterocycles. The Morgan fingerprint density at radius 2 is 1.67 bits per heavy atom. The van der Waals surface area contributed by atoms with Crippen LogP contribution in [0.1, 0.15) is 64.0 Å². The number of halogens is 3. The zero-order chi connectivity index (χ0) is 15.5. The monoisotopic (exact) mass is 299 g/mol. The maximum absolute atomic E-state index is 14.2. The van der Waals surface area contributed by atoms with Crippen molar-refractivity contribution in [1.82, 2.24) is 5.32 Å². The highest BCUT2D eigenvalue weighted by Crippen LogP contribution is 2.50. The molecule has 0 saturated heterocycles. The Morgan fingerprint density at radius 1 is 1.05 bits per heavy atom. The number of hydrogen-bond donors (Lipinski definition) is 1. The minimum absolute atomic E-state index is 0.0553. The molecule has 1 atom stereocenters. The molecule has 1 unspecified atom stereocenters. The Morgan fingerprint density at radius 3 is 2.24 bits per heavy atom. The lowest BCUT2D eigenvalue weighted by molar-refractivity contribution is 0.183. The summed E-state index contributed by atoms with van der Waals surface area (Å²) in [6, 6.07) is 1.46. The van der Waals surface area contributed by atoms with E-state index in [0.717, 1.165) is 51.1 Å². The summed E-state index contributed by atoms with van der Waals surface area (Å²) < 4.78 is 41.0. The number of rotatable bonds is 6. The number of nitrogens with one attached hydrogen (secondary N) is 1. The van der Waals surface area contributed by atoms with Crippen molar-refractivity contribution in [3.8, 4) is 0 Å². The summed E-state index contributed by atoms with van der Waals surface area (Å²) in [6.07, 6.45) is 6.06. The molecule has 0 radical (unpaired) electrons. The van der Waals surface area contributed by atoms with E-state index in [4.69, 9.17) is 0 Å². The maximum Gasteiger partial charge on any atom is 0.161 e. The average Bonchev–Trinajstić information content (AvgIpc) is 2.94. The highest BCUT2D eigenvalue weighted by Gasteiger charge is 2.41. The highest BCUT2D eigenvalue weighted by molar-refractivity contribution is 5.26. The summed E-state index contributed by atoms with van der Waals surface area (Å²) in [5.41, 5.74) is 0.214. The fourth-order valence-electron chi connectivity index (χ4n) is 3.63. The molecule has 1 N–H and O–H groups in total. The lowest BCUT2D eigenvalue weighted by Gasteiger charge is -2.38. The molecule has 0 amide bonds. The van der Waals surface area contributed by atoms with E-state index in [1.54, 1.807) is 0 Å². The summed E-state index contributed by atoms with van der Waals surface area (Å²) in [4.78, 5) is 0. The second-order valence-electron chi connectivity index (χ2n) is 6.10. The van der Waals surface area contributed by atoms with Crippen LogP contribution in [0, 0.1) is 22.9 Å². The molecule has 0 bridgehead atoms. The summed E-state index contributed by atoms with van der Waals surface area (Å²) in [5, 5.41) is 3.38. The van der Waals surface area contributed by atoms with Crippen LogP contribution in [0.3, 0.4) is 0 Å². The fourth-order valence-corrected chi connectivity index (χ4v) is 3.63. The van der Waals surface area contributed by atoms with Gasteiger partial charge in [0.1, 0.15) is 5.82 Å².